The van der Waals surface area contributed by atoms with Crippen molar-refractivity contribution in [1.82, 2.24) is 4.90 Å². The van der Waals surface area contributed by atoms with Gasteiger partial charge in [0.25, 0.3) is 0 Å². The monoisotopic (exact) mass is 306 g/mol. The molecule has 122 valence electrons. The molecule has 3 nitrogen and oxygen atoms in total. The van der Waals surface area contributed by atoms with Crippen molar-refractivity contribution in [2.75, 3.05) is 31.1 Å². The summed E-state index contributed by atoms with van der Waals surface area (Å²) in [6.45, 7) is 7.04. The molecule has 0 saturated carbocycles. The van der Waals surface area contributed by atoms with E-state index in [-0.39, 0.29) is 17.6 Å². The summed E-state index contributed by atoms with van der Waals surface area (Å²) >= 11 is 0. The molecule has 4 heteroatoms. The van der Waals surface area contributed by atoms with Crippen molar-refractivity contribution in [3.05, 3.63) is 30.1 Å². The average Bonchev–Trinajstić information content (AvgIpc) is 2.56. The van der Waals surface area contributed by atoms with Gasteiger partial charge in [-0.1, -0.05) is 38.8 Å². The molecule has 1 amide bonds. The van der Waals surface area contributed by atoms with Crippen molar-refractivity contribution in [3.8, 4) is 0 Å². The molecule has 0 aliphatic carbocycles. The largest absolute Gasteiger partial charge is 0.366 e. The number of hydrogen-bond donors (Lipinski definition) is 0. The molecule has 2 rings (SSSR count). The maximum atomic E-state index is 13.8. The van der Waals surface area contributed by atoms with Crippen LogP contribution in [0.5, 0.6) is 0 Å². The Bertz CT molecular complexity index is 484. The quantitative estimate of drug-likeness (QED) is 0.800. The van der Waals surface area contributed by atoms with E-state index in [0.717, 1.165) is 25.7 Å². The van der Waals surface area contributed by atoms with Gasteiger partial charge in [-0.15, -0.1) is 0 Å². The molecular formula is C18H27FN2O. The molecule has 1 aromatic carbocycles. The van der Waals surface area contributed by atoms with Crippen LogP contribution in [0.3, 0.4) is 0 Å². The molecule has 1 saturated heterocycles. The van der Waals surface area contributed by atoms with E-state index in [1.165, 1.54) is 6.07 Å². The van der Waals surface area contributed by atoms with Crippen LogP contribution in [0.4, 0.5) is 10.1 Å². The summed E-state index contributed by atoms with van der Waals surface area (Å²) in [5.41, 5.74) is 0.646. The fraction of sp³-hybridized carbons (Fsp3) is 0.611. The van der Waals surface area contributed by atoms with Gasteiger partial charge in [0, 0.05) is 32.1 Å². The van der Waals surface area contributed by atoms with Crippen molar-refractivity contribution in [1.29, 1.82) is 0 Å². The molecule has 22 heavy (non-hydrogen) atoms. The second-order valence-electron chi connectivity index (χ2n) is 6.01. The fourth-order valence-corrected chi connectivity index (χ4v) is 3.09. The molecule has 0 radical (unpaired) electrons. The number of piperazine rings is 1. The van der Waals surface area contributed by atoms with Gasteiger partial charge in [0.15, 0.2) is 0 Å². The predicted molar refractivity (Wildman–Crippen MR) is 88.5 cm³/mol. The Morgan fingerprint density at radius 3 is 2.45 bits per heavy atom. The van der Waals surface area contributed by atoms with Crippen LogP contribution < -0.4 is 4.90 Å². The van der Waals surface area contributed by atoms with E-state index >= 15 is 0 Å². The average molecular weight is 306 g/mol. The Kier molecular flexibility index (Phi) is 6.22. The molecule has 1 fully saturated rings. The first-order chi connectivity index (χ1) is 10.7. The molecule has 1 heterocycles. The highest BCUT2D eigenvalue weighted by atomic mass is 19.1. The molecular weight excluding hydrogens is 279 g/mol. The normalized spacial score (nSPS) is 16.7. The van der Waals surface area contributed by atoms with Crippen molar-refractivity contribution in [2.45, 2.75) is 39.5 Å². The Morgan fingerprint density at radius 2 is 1.86 bits per heavy atom. The first-order valence-corrected chi connectivity index (χ1v) is 8.45. The third kappa shape index (κ3) is 3.99. The van der Waals surface area contributed by atoms with E-state index in [2.05, 4.69) is 13.8 Å². The Balaban J connectivity index is 1.91. The van der Waals surface area contributed by atoms with Gasteiger partial charge in [-0.3, -0.25) is 4.79 Å². The first kappa shape index (κ1) is 16.8. The highest BCUT2D eigenvalue weighted by Crippen LogP contribution is 2.22. The first-order valence-electron chi connectivity index (χ1n) is 8.45. The highest BCUT2D eigenvalue weighted by Gasteiger charge is 2.26. The lowest BCUT2D eigenvalue weighted by Gasteiger charge is -2.37. The number of para-hydroxylation sites is 1. The molecule has 1 aliphatic heterocycles. The maximum absolute atomic E-state index is 13.8. The Morgan fingerprint density at radius 1 is 1.18 bits per heavy atom. The maximum Gasteiger partial charge on any atom is 0.225 e. The van der Waals surface area contributed by atoms with Crippen LogP contribution in [0.2, 0.25) is 0 Å². The lowest BCUT2D eigenvalue weighted by atomic mass is 9.97. The highest BCUT2D eigenvalue weighted by molar-refractivity contribution is 5.79. The third-order valence-electron chi connectivity index (χ3n) is 4.53. The van der Waals surface area contributed by atoms with Crippen LogP contribution in [-0.2, 0) is 4.79 Å². The standard InChI is InChI=1S/C18H27FN2O/c1-3-5-8-15(4-2)18(22)21-13-11-20(12-14-21)17-10-7-6-9-16(17)19/h6-7,9-10,15H,3-5,8,11-14H2,1-2H3. The van der Waals surface area contributed by atoms with Crippen molar-refractivity contribution >= 4 is 11.6 Å². The number of anilines is 1. The minimum Gasteiger partial charge on any atom is -0.366 e. The Labute approximate surface area is 133 Å². The van der Waals surface area contributed by atoms with Crippen LogP contribution in [0.25, 0.3) is 0 Å². The van der Waals surface area contributed by atoms with E-state index in [1.807, 2.05) is 21.9 Å². The van der Waals surface area contributed by atoms with Gasteiger partial charge in [-0.25, -0.2) is 4.39 Å². The van der Waals surface area contributed by atoms with Crippen LogP contribution in [-0.4, -0.2) is 37.0 Å². The summed E-state index contributed by atoms with van der Waals surface area (Å²) in [5.74, 6) is 0.251. The topological polar surface area (TPSA) is 23.6 Å². The third-order valence-corrected chi connectivity index (χ3v) is 4.53. The number of hydrogen-bond acceptors (Lipinski definition) is 2. The van der Waals surface area contributed by atoms with E-state index in [1.54, 1.807) is 6.07 Å². The van der Waals surface area contributed by atoms with Gasteiger partial charge in [0.2, 0.25) is 5.91 Å². The van der Waals surface area contributed by atoms with Crippen molar-refractivity contribution in [3.63, 3.8) is 0 Å². The number of carbonyl (C=O) groups is 1. The van der Waals surface area contributed by atoms with E-state index < -0.39 is 0 Å². The van der Waals surface area contributed by atoms with Crippen LogP contribution >= 0.6 is 0 Å². The van der Waals surface area contributed by atoms with Crippen molar-refractivity contribution in [2.24, 2.45) is 5.92 Å². The summed E-state index contributed by atoms with van der Waals surface area (Å²) in [6, 6.07) is 6.86. The second kappa shape index (κ2) is 8.16. The van der Waals surface area contributed by atoms with Gasteiger partial charge in [0.1, 0.15) is 5.82 Å². The SMILES string of the molecule is CCCCC(CC)C(=O)N1CCN(c2ccccc2F)CC1. The minimum absolute atomic E-state index is 0.153. The molecule has 1 unspecified atom stereocenters. The smallest absolute Gasteiger partial charge is 0.225 e. The molecule has 0 aromatic heterocycles. The molecule has 0 bridgehead atoms. The number of benzene rings is 1. The molecule has 1 atom stereocenters. The number of nitrogens with zero attached hydrogens (tertiary/aromatic N) is 2. The number of rotatable bonds is 6. The van der Waals surface area contributed by atoms with Gasteiger partial charge >= 0.3 is 0 Å². The summed E-state index contributed by atoms with van der Waals surface area (Å²) in [4.78, 5) is 16.6. The summed E-state index contributed by atoms with van der Waals surface area (Å²) in [5, 5.41) is 0. The van der Waals surface area contributed by atoms with Crippen LogP contribution in [0.1, 0.15) is 39.5 Å². The van der Waals surface area contributed by atoms with Crippen molar-refractivity contribution < 1.29 is 9.18 Å². The number of carbonyl (C=O) groups excluding carboxylic acids is 1. The van der Waals surface area contributed by atoms with Gasteiger partial charge in [0.05, 0.1) is 5.69 Å². The minimum atomic E-state index is -0.184. The van der Waals surface area contributed by atoms with Gasteiger partial charge in [-0.05, 0) is 25.0 Å². The number of unbranched alkanes of at least 4 members (excludes halogenated alkanes) is 1. The Hall–Kier alpha value is -1.58. The molecule has 1 aliphatic rings. The predicted octanol–water partition coefficient (Wildman–Crippen LogP) is 3.69. The number of amides is 1. The summed E-state index contributed by atoms with van der Waals surface area (Å²) in [6.07, 6.45) is 4.13. The fourth-order valence-electron chi connectivity index (χ4n) is 3.09. The zero-order valence-corrected chi connectivity index (χ0v) is 13.7. The van der Waals surface area contributed by atoms with Gasteiger partial charge < -0.3 is 9.80 Å². The lowest BCUT2D eigenvalue weighted by molar-refractivity contribution is -0.136. The van der Waals surface area contributed by atoms with E-state index in [4.69, 9.17) is 0 Å². The zero-order valence-electron chi connectivity index (χ0n) is 13.7. The molecule has 0 N–H and O–H groups in total. The van der Waals surface area contributed by atoms with E-state index in [9.17, 15) is 9.18 Å². The molecule has 1 aromatic rings. The lowest BCUT2D eigenvalue weighted by Crippen LogP contribution is -2.50. The summed E-state index contributed by atoms with van der Waals surface area (Å²) in [7, 11) is 0. The zero-order chi connectivity index (χ0) is 15.9. The van der Waals surface area contributed by atoms with Gasteiger partial charge in [-0.2, -0.15) is 0 Å². The summed E-state index contributed by atoms with van der Waals surface area (Å²) < 4.78 is 13.8. The van der Waals surface area contributed by atoms with Crippen LogP contribution in [0.15, 0.2) is 24.3 Å². The van der Waals surface area contributed by atoms with Crippen LogP contribution in [0, 0.1) is 11.7 Å². The van der Waals surface area contributed by atoms with E-state index in [0.29, 0.717) is 31.9 Å². The number of halogens is 1. The molecule has 0 spiro atoms. The second-order valence-corrected chi connectivity index (χ2v) is 6.01.